The quantitative estimate of drug-likeness (QED) is 0.159. The van der Waals surface area contributed by atoms with Gasteiger partial charge in [-0.1, -0.05) is 189 Å². The fourth-order valence-electron chi connectivity index (χ4n) is 9.09. The molecule has 0 bridgehead atoms. The van der Waals surface area contributed by atoms with E-state index in [0.717, 1.165) is 5.56 Å². The number of benzene rings is 10. The second-order valence-corrected chi connectivity index (χ2v) is 14.4. The Morgan fingerprint density at radius 3 is 1.41 bits per heavy atom. The Kier molecular flexibility index (Phi) is 6.81. The maximum Gasteiger partial charge on any atom is -0.000741 e. The van der Waals surface area contributed by atoms with Gasteiger partial charge in [-0.2, -0.15) is 0 Å². The van der Waals surface area contributed by atoms with E-state index < -0.39 is 0 Å². The van der Waals surface area contributed by atoms with Crippen molar-refractivity contribution in [3.63, 3.8) is 0 Å². The van der Waals surface area contributed by atoms with Gasteiger partial charge in [-0.25, -0.2) is 0 Å². The molecule has 0 saturated heterocycles. The third-order valence-electron chi connectivity index (χ3n) is 11.5. The van der Waals surface area contributed by atoms with Crippen molar-refractivity contribution in [3.8, 4) is 66.8 Å². The first-order chi connectivity index (χ1) is 26.7. The van der Waals surface area contributed by atoms with E-state index in [0.29, 0.717) is 0 Å². The molecule has 10 aromatic carbocycles. The van der Waals surface area contributed by atoms with E-state index in [1.54, 1.807) is 0 Å². The van der Waals surface area contributed by atoms with E-state index in [2.05, 4.69) is 195 Å². The molecule has 0 heterocycles. The molecule has 11 rings (SSSR count). The van der Waals surface area contributed by atoms with Crippen LogP contribution in [0.4, 0.5) is 0 Å². The van der Waals surface area contributed by atoms with Crippen molar-refractivity contribution in [2.75, 3.05) is 0 Å². The van der Waals surface area contributed by atoms with Crippen LogP contribution in [-0.4, -0.2) is 0 Å². The molecule has 0 aliphatic heterocycles. The molecular weight excluding hydrogens is 649 g/mol. The zero-order valence-electron chi connectivity index (χ0n) is 29.7. The van der Waals surface area contributed by atoms with Gasteiger partial charge in [0.2, 0.25) is 0 Å². The molecule has 0 radical (unpaired) electrons. The number of fused-ring (bicyclic) bond motifs is 7. The van der Waals surface area contributed by atoms with Crippen molar-refractivity contribution >= 4 is 49.2 Å². The highest BCUT2D eigenvalue weighted by atomic mass is 14.3. The van der Waals surface area contributed by atoms with Crippen molar-refractivity contribution in [2.45, 2.75) is 0 Å². The summed E-state index contributed by atoms with van der Waals surface area (Å²) >= 11 is 0. The summed E-state index contributed by atoms with van der Waals surface area (Å²) in [5.41, 5.74) is 16.4. The molecule has 0 spiro atoms. The number of rotatable bonds is 5. The summed E-state index contributed by atoms with van der Waals surface area (Å²) in [6.07, 6.45) is 1.89. The summed E-state index contributed by atoms with van der Waals surface area (Å²) in [5, 5.41) is 10.2. The van der Waals surface area contributed by atoms with E-state index in [-0.39, 0.29) is 0 Å². The Hall–Kier alpha value is -7.02. The normalized spacial score (nSPS) is 11.8. The Morgan fingerprint density at radius 1 is 0.296 bits per heavy atom. The predicted molar refractivity (Wildman–Crippen MR) is 233 cm³/mol. The van der Waals surface area contributed by atoms with Gasteiger partial charge >= 0.3 is 0 Å². The van der Waals surface area contributed by atoms with E-state index in [9.17, 15) is 0 Å². The van der Waals surface area contributed by atoms with Crippen LogP contribution in [0.2, 0.25) is 0 Å². The van der Waals surface area contributed by atoms with Gasteiger partial charge in [0.15, 0.2) is 0 Å². The molecule has 0 saturated carbocycles. The van der Waals surface area contributed by atoms with Crippen LogP contribution < -0.4 is 0 Å². The first-order valence-corrected chi connectivity index (χ1v) is 18.7. The highest BCUT2D eigenvalue weighted by Crippen LogP contribution is 2.58. The van der Waals surface area contributed by atoms with Gasteiger partial charge in [0, 0.05) is 0 Å². The maximum absolute atomic E-state index is 3.90. The molecule has 0 N–H and O–H groups in total. The van der Waals surface area contributed by atoms with Gasteiger partial charge in [-0.3, -0.25) is 0 Å². The molecule has 0 unspecified atom stereocenters. The van der Waals surface area contributed by atoms with Crippen molar-refractivity contribution in [2.24, 2.45) is 0 Å². The smallest absolute Gasteiger partial charge is 0.000741 e. The van der Waals surface area contributed by atoms with Gasteiger partial charge in [0.25, 0.3) is 0 Å². The minimum atomic E-state index is 1.13. The Morgan fingerprint density at radius 2 is 0.796 bits per heavy atom. The first-order valence-electron chi connectivity index (χ1n) is 18.7. The van der Waals surface area contributed by atoms with Gasteiger partial charge in [0.1, 0.15) is 0 Å². The highest BCUT2D eigenvalue weighted by molar-refractivity contribution is 6.29. The van der Waals surface area contributed by atoms with Crippen LogP contribution in [0.15, 0.2) is 195 Å². The lowest BCUT2D eigenvalue weighted by Gasteiger charge is -2.20. The molecule has 1 aliphatic carbocycles. The van der Waals surface area contributed by atoms with Gasteiger partial charge < -0.3 is 0 Å². The van der Waals surface area contributed by atoms with Crippen LogP contribution in [0.25, 0.3) is 116 Å². The molecule has 0 nitrogen and oxygen atoms in total. The summed E-state index contributed by atoms with van der Waals surface area (Å²) < 4.78 is 0. The lowest BCUT2D eigenvalue weighted by Crippen LogP contribution is -1.93. The van der Waals surface area contributed by atoms with E-state index in [1.165, 1.54) is 110 Å². The lowest BCUT2D eigenvalue weighted by molar-refractivity contribution is 1.62. The Labute approximate surface area is 314 Å². The van der Waals surface area contributed by atoms with Crippen LogP contribution in [-0.2, 0) is 0 Å². The van der Waals surface area contributed by atoms with Crippen molar-refractivity contribution in [1.82, 2.24) is 0 Å². The summed E-state index contributed by atoms with van der Waals surface area (Å²) in [6.45, 7) is 3.90. The standard InChI is InChI=1S/C54H34/c1-2-34-20-22-35(23-21-34)38-26-28-42-39(32-38)24-25-40-33-41(27-29-43(40)42)44-30-31-49-52-45(44)18-11-19-48(52)53-50(36-12-5-3-6-13-36)46-16-9-10-17-47(46)51(54(49)53)37-14-7-4-8-15-37/h2-33H,1H2. The third kappa shape index (κ3) is 4.57. The van der Waals surface area contributed by atoms with Crippen LogP contribution in [0.3, 0.4) is 0 Å². The number of hydrogen-bond acceptors (Lipinski definition) is 0. The third-order valence-corrected chi connectivity index (χ3v) is 11.5. The van der Waals surface area contributed by atoms with Crippen LogP contribution in [0.1, 0.15) is 5.56 Å². The fraction of sp³-hybridized carbons (Fsp3) is 0. The zero-order chi connectivity index (χ0) is 35.8. The molecule has 0 amide bonds. The monoisotopic (exact) mass is 682 g/mol. The summed E-state index contributed by atoms with van der Waals surface area (Å²) in [7, 11) is 0. The van der Waals surface area contributed by atoms with Crippen LogP contribution in [0, 0.1) is 0 Å². The average Bonchev–Trinajstić information content (AvgIpc) is 3.57. The average molecular weight is 683 g/mol. The van der Waals surface area contributed by atoms with E-state index in [1.807, 2.05) is 6.08 Å². The topological polar surface area (TPSA) is 0 Å². The van der Waals surface area contributed by atoms with E-state index in [4.69, 9.17) is 0 Å². The van der Waals surface area contributed by atoms with Crippen molar-refractivity contribution in [3.05, 3.63) is 200 Å². The molecule has 0 heteroatoms. The lowest BCUT2D eigenvalue weighted by atomic mass is 9.82. The van der Waals surface area contributed by atoms with Crippen LogP contribution in [0.5, 0.6) is 0 Å². The van der Waals surface area contributed by atoms with Gasteiger partial charge in [0.05, 0.1) is 0 Å². The fourth-order valence-corrected chi connectivity index (χ4v) is 9.09. The van der Waals surface area contributed by atoms with Crippen molar-refractivity contribution in [1.29, 1.82) is 0 Å². The molecule has 10 aromatic rings. The van der Waals surface area contributed by atoms with E-state index >= 15 is 0 Å². The maximum atomic E-state index is 3.90. The van der Waals surface area contributed by atoms with Gasteiger partial charge in [-0.15, -0.1) is 0 Å². The minimum Gasteiger partial charge on any atom is -0.0985 e. The zero-order valence-corrected chi connectivity index (χ0v) is 29.7. The van der Waals surface area contributed by atoms with Crippen LogP contribution >= 0.6 is 0 Å². The Bertz CT molecular complexity index is 3040. The summed E-state index contributed by atoms with van der Waals surface area (Å²) in [4.78, 5) is 0. The SMILES string of the molecule is C=Cc1ccc(-c2ccc3c(ccc4cc(-c5ccc6c7c(cccc57)-c5c-6c(-c6ccccc6)c6ccccc6c5-c5ccccc5)ccc43)c2)cc1. The first kappa shape index (κ1) is 30.6. The second-order valence-electron chi connectivity index (χ2n) is 14.4. The van der Waals surface area contributed by atoms with Crippen molar-refractivity contribution < 1.29 is 0 Å². The molecule has 0 atom stereocenters. The molecule has 0 aromatic heterocycles. The van der Waals surface area contributed by atoms with Gasteiger partial charge in [-0.05, 0) is 128 Å². The second kappa shape index (κ2) is 12.0. The molecular formula is C54H34. The number of hydrogen-bond donors (Lipinski definition) is 0. The summed E-state index contributed by atoms with van der Waals surface area (Å²) in [5.74, 6) is 0. The Balaban J connectivity index is 1.11. The minimum absolute atomic E-state index is 1.13. The predicted octanol–water partition coefficient (Wildman–Crippen LogP) is 15.3. The highest BCUT2D eigenvalue weighted by Gasteiger charge is 2.31. The molecule has 54 heavy (non-hydrogen) atoms. The molecule has 0 fully saturated rings. The largest absolute Gasteiger partial charge is 0.0985 e. The molecule has 1 aliphatic rings. The molecule has 250 valence electrons. The summed E-state index contributed by atoms with van der Waals surface area (Å²) in [6, 6.07) is 69.5.